The molecule has 1 unspecified atom stereocenters. The molecule has 0 aliphatic carbocycles. The van der Waals surface area contributed by atoms with Gasteiger partial charge < -0.3 is 14.6 Å². The Bertz CT molecular complexity index is 616. The first-order valence-electron chi connectivity index (χ1n) is 7.79. The zero-order valence-electron chi connectivity index (χ0n) is 13.2. The van der Waals surface area contributed by atoms with Gasteiger partial charge in [0, 0.05) is 44.4 Å². The molecule has 2 aromatic heterocycles. The molecule has 0 spiro atoms. The van der Waals surface area contributed by atoms with Crippen LogP contribution in [0.3, 0.4) is 0 Å². The molecular weight excluding hydrogens is 278 g/mol. The van der Waals surface area contributed by atoms with Crippen molar-refractivity contribution in [2.45, 2.75) is 25.8 Å². The fourth-order valence-electron chi connectivity index (χ4n) is 2.85. The molecule has 3 rings (SSSR count). The van der Waals surface area contributed by atoms with Crippen molar-refractivity contribution in [1.29, 1.82) is 0 Å². The highest BCUT2D eigenvalue weighted by atomic mass is 16.3. The number of guanidine groups is 1. The maximum absolute atomic E-state index is 5.10. The van der Waals surface area contributed by atoms with E-state index in [-0.39, 0.29) is 0 Å². The van der Waals surface area contributed by atoms with Crippen LogP contribution in [0.25, 0.3) is 0 Å². The molecule has 0 saturated carbocycles. The van der Waals surface area contributed by atoms with Crippen LogP contribution in [0, 0.1) is 0 Å². The van der Waals surface area contributed by atoms with Crippen molar-refractivity contribution in [2.75, 3.05) is 19.6 Å². The molecule has 1 N–H and O–H groups in total. The molecule has 0 aromatic carbocycles. The summed E-state index contributed by atoms with van der Waals surface area (Å²) in [5.74, 6) is 1.52. The third-order valence-corrected chi connectivity index (χ3v) is 4.01. The number of rotatable bonds is 4. The Hall–Kier alpha value is -2.24. The molecule has 3 heterocycles. The number of furan rings is 1. The lowest BCUT2D eigenvalue weighted by Crippen LogP contribution is -2.39. The molecule has 1 fully saturated rings. The van der Waals surface area contributed by atoms with Gasteiger partial charge in [-0.3, -0.25) is 4.68 Å². The van der Waals surface area contributed by atoms with Gasteiger partial charge in [0.1, 0.15) is 0 Å². The number of aliphatic imine (C=N–C) groups is 1. The van der Waals surface area contributed by atoms with Crippen molar-refractivity contribution in [3.8, 4) is 0 Å². The minimum absolute atomic E-state index is 0.534. The van der Waals surface area contributed by atoms with Gasteiger partial charge >= 0.3 is 0 Å². The molecule has 1 aliphatic heterocycles. The summed E-state index contributed by atoms with van der Waals surface area (Å²) in [5, 5.41) is 7.67. The van der Waals surface area contributed by atoms with Crippen molar-refractivity contribution < 1.29 is 4.42 Å². The van der Waals surface area contributed by atoms with Crippen LogP contribution in [0.5, 0.6) is 0 Å². The van der Waals surface area contributed by atoms with Crippen LogP contribution in [-0.2, 0) is 13.6 Å². The van der Waals surface area contributed by atoms with Crippen LogP contribution in [0.4, 0.5) is 0 Å². The van der Waals surface area contributed by atoms with Gasteiger partial charge in [-0.1, -0.05) is 0 Å². The molecule has 0 amide bonds. The van der Waals surface area contributed by atoms with Gasteiger partial charge in [0.05, 0.1) is 25.3 Å². The normalized spacial score (nSPS) is 18.9. The molecule has 6 nitrogen and oxygen atoms in total. The fraction of sp³-hybridized carbons (Fsp3) is 0.500. The van der Waals surface area contributed by atoms with E-state index in [1.54, 1.807) is 12.5 Å². The number of nitrogens with one attached hydrogen (secondary N) is 1. The van der Waals surface area contributed by atoms with E-state index in [1.807, 2.05) is 24.0 Å². The first-order valence-corrected chi connectivity index (χ1v) is 7.79. The lowest BCUT2D eigenvalue weighted by Gasteiger charge is -2.21. The molecule has 0 bridgehead atoms. The molecule has 1 atom stereocenters. The van der Waals surface area contributed by atoms with Crippen molar-refractivity contribution in [3.63, 3.8) is 0 Å². The Kier molecular flexibility index (Phi) is 4.46. The molecule has 6 heteroatoms. The average Bonchev–Trinajstić information content (AvgIpc) is 3.24. The van der Waals surface area contributed by atoms with E-state index in [1.165, 1.54) is 5.56 Å². The number of hydrogen-bond acceptors (Lipinski definition) is 3. The first kappa shape index (κ1) is 14.7. The van der Waals surface area contributed by atoms with Crippen LogP contribution in [0.15, 0.2) is 40.4 Å². The smallest absolute Gasteiger partial charge is 0.194 e. The van der Waals surface area contributed by atoms with Crippen LogP contribution in [0.1, 0.15) is 30.4 Å². The molecule has 0 radical (unpaired) electrons. The Labute approximate surface area is 130 Å². The first-order chi connectivity index (χ1) is 10.8. The number of nitrogens with zero attached hydrogens (tertiary/aromatic N) is 4. The van der Waals surface area contributed by atoms with Crippen molar-refractivity contribution >= 4 is 5.96 Å². The van der Waals surface area contributed by atoms with Gasteiger partial charge in [0.2, 0.25) is 0 Å². The summed E-state index contributed by atoms with van der Waals surface area (Å²) in [4.78, 5) is 7.06. The number of likely N-dealkylation sites (tertiary alicyclic amines) is 1. The Morgan fingerprint density at radius 2 is 2.45 bits per heavy atom. The summed E-state index contributed by atoms with van der Waals surface area (Å²) in [7, 11) is 1.96. The molecule has 22 heavy (non-hydrogen) atoms. The van der Waals surface area contributed by atoms with E-state index >= 15 is 0 Å². The highest BCUT2D eigenvalue weighted by Crippen LogP contribution is 2.26. The van der Waals surface area contributed by atoms with Gasteiger partial charge in [-0.25, -0.2) is 4.99 Å². The summed E-state index contributed by atoms with van der Waals surface area (Å²) in [5.41, 5.74) is 2.41. The molecule has 2 aromatic rings. The van der Waals surface area contributed by atoms with Crippen molar-refractivity contribution in [3.05, 3.63) is 42.1 Å². The van der Waals surface area contributed by atoms with Crippen molar-refractivity contribution in [1.82, 2.24) is 20.0 Å². The Morgan fingerprint density at radius 1 is 1.55 bits per heavy atom. The largest absolute Gasteiger partial charge is 0.472 e. The summed E-state index contributed by atoms with van der Waals surface area (Å²) in [6, 6.07) is 1.95. The van der Waals surface area contributed by atoms with Crippen LogP contribution in [0.2, 0.25) is 0 Å². The summed E-state index contributed by atoms with van der Waals surface area (Å²) in [6.45, 7) is 5.63. The van der Waals surface area contributed by atoms with E-state index in [4.69, 9.17) is 9.41 Å². The van der Waals surface area contributed by atoms with Crippen LogP contribution >= 0.6 is 0 Å². The maximum atomic E-state index is 5.10. The quantitative estimate of drug-likeness (QED) is 0.693. The average molecular weight is 301 g/mol. The molecule has 1 saturated heterocycles. The summed E-state index contributed by atoms with van der Waals surface area (Å²) in [6.07, 6.45) is 8.66. The van der Waals surface area contributed by atoms with Crippen molar-refractivity contribution in [2.24, 2.45) is 12.0 Å². The third-order valence-electron chi connectivity index (χ3n) is 4.01. The van der Waals surface area contributed by atoms with Crippen LogP contribution < -0.4 is 5.32 Å². The van der Waals surface area contributed by atoms with Gasteiger partial charge in [0.15, 0.2) is 5.96 Å². The van der Waals surface area contributed by atoms with Crippen LogP contribution in [-0.4, -0.2) is 40.3 Å². The SMILES string of the molecule is CCNC(=NCc1ccoc1)N1CCC(c2cnn(C)c2)C1. The summed E-state index contributed by atoms with van der Waals surface area (Å²) < 4.78 is 6.97. The number of hydrogen-bond donors (Lipinski definition) is 1. The predicted molar refractivity (Wildman–Crippen MR) is 85.7 cm³/mol. The highest BCUT2D eigenvalue weighted by Gasteiger charge is 2.26. The lowest BCUT2D eigenvalue weighted by atomic mass is 10.0. The van der Waals surface area contributed by atoms with E-state index < -0.39 is 0 Å². The van der Waals surface area contributed by atoms with Gasteiger partial charge in [-0.15, -0.1) is 0 Å². The minimum atomic E-state index is 0.534. The van der Waals surface area contributed by atoms with E-state index in [2.05, 4.69) is 28.4 Å². The van der Waals surface area contributed by atoms with E-state index in [9.17, 15) is 0 Å². The summed E-state index contributed by atoms with van der Waals surface area (Å²) >= 11 is 0. The topological polar surface area (TPSA) is 58.6 Å². The van der Waals surface area contributed by atoms with E-state index in [0.717, 1.165) is 37.6 Å². The minimum Gasteiger partial charge on any atom is -0.472 e. The Morgan fingerprint density at radius 3 is 3.14 bits per heavy atom. The van der Waals surface area contributed by atoms with Gasteiger partial charge in [0.25, 0.3) is 0 Å². The predicted octanol–water partition coefficient (Wildman–Crippen LogP) is 1.97. The molecule has 118 valence electrons. The number of aromatic nitrogens is 2. The standard InChI is InChI=1S/C16H23N5O/c1-3-17-16(18-8-13-5-7-22-12-13)21-6-4-14(11-21)15-9-19-20(2)10-15/h5,7,9-10,12,14H,3-4,6,8,11H2,1-2H3,(H,17,18). The second kappa shape index (κ2) is 6.68. The zero-order valence-corrected chi connectivity index (χ0v) is 13.2. The number of aryl methyl sites for hydroxylation is 1. The molecular formula is C16H23N5O. The maximum Gasteiger partial charge on any atom is 0.194 e. The molecule has 1 aliphatic rings. The zero-order chi connectivity index (χ0) is 15.4. The van der Waals surface area contributed by atoms with E-state index in [0.29, 0.717) is 12.5 Å². The second-order valence-corrected chi connectivity index (χ2v) is 5.68. The second-order valence-electron chi connectivity index (χ2n) is 5.68. The van der Waals surface area contributed by atoms with Gasteiger partial charge in [-0.2, -0.15) is 5.10 Å². The lowest BCUT2D eigenvalue weighted by molar-refractivity contribution is 0.486. The van der Waals surface area contributed by atoms with Gasteiger partial charge in [-0.05, 0) is 25.0 Å². The third kappa shape index (κ3) is 3.32. The fourth-order valence-corrected chi connectivity index (χ4v) is 2.85. The highest BCUT2D eigenvalue weighted by molar-refractivity contribution is 5.80. The monoisotopic (exact) mass is 301 g/mol. The Balaban J connectivity index is 1.66.